The van der Waals surface area contributed by atoms with Crippen molar-refractivity contribution in [3.8, 4) is 0 Å². The van der Waals surface area contributed by atoms with Gasteiger partial charge >= 0.3 is 0 Å². The first-order valence-electron chi connectivity index (χ1n) is 6.01. The van der Waals surface area contributed by atoms with Crippen LogP contribution < -0.4 is 5.73 Å². The minimum Gasteiger partial charge on any atom is -0.324 e. The second kappa shape index (κ2) is 2.69. The average molecular weight is 229 g/mol. The normalized spacial score (nSPS) is 24.6. The highest BCUT2D eigenvalue weighted by Crippen LogP contribution is 2.65. The van der Waals surface area contributed by atoms with Gasteiger partial charge in [0.15, 0.2) is 0 Å². The molecular formula is C14H15NS. The van der Waals surface area contributed by atoms with Crippen LogP contribution in [0.5, 0.6) is 0 Å². The average Bonchev–Trinajstić information content (AvgIpc) is 3.20. The van der Waals surface area contributed by atoms with Gasteiger partial charge in [-0.15, -0.1) is 11.3 Å². The molecule has 1 heterocycles. The van der Waals surface area contributed by atoms with Crippen LogP contribution in [0.1, 0.15) is 31.2 Å². The van der Waals surface area contributed by atoms with E-state index in [2.05, 4.69) is 29.6 Å². The van der Waals surface area contributed by atoms with Gasteiger partial charge in [0.25, 0.3) is 0 Å². The van der Waals surface area contributed by atoms with Gasteiger partial charge in [0.05, 0.1) is 0 Å². The quantitative estimate of drug-likeness (QED) is 0.839. The fraction of sp³-hybridized carbons (Fsp3) is 0.429. The van der Waals surface area contributed by atoms with Crippen molar-refractivity contribution in [2.45, 2.75) is 36.6 Å². The van der Waals surface area contributed by atoms with Gasteiger partial charge in [-0.25, -0.2) is 0 Å². The molecule has 1 nitrogen and oxygen atoms in total. The standard InChI is InChI=1S/C14H15NS/c15-14(7-8-14)13(5-6-13)11-9-16-12-4-2-1-3-10(11)12/h1-4,9H,5-8,15H2. The van der Waals surface area contributed by atoms with E-state index in [9.17, 15) is 0 Å². The summed E-state index contributed by atoms with van der Waals surface area (Å²) in [6, 6.07) is 8.74. The lowest BCUT2D eigenvalue weighted by Gasteiger charge is -2.22. The molecule has 82 valence electrons. The molecular weight excluding hydrogens is 214 g/mol. The van der Waals surface area contributed by atoms with E-state index in [1.807, 2.05) is 11.3 Å². The molecule has 16 heavy (non-hydrogen) atoms. The summed E-state index contributed by atoms with van der Waals surface area (Å²) in [6.45, 7) is 0. The molecule has 2 saturated carbocycles. The zero-order valence-electron chi connectivity index (χ0n) is 9.20. The van der Waals surface area contributed by atoms with Crippen LogP contribution in [0.3, 0.4) is 0 Å². The summed E-state index contributed by atoms with van der Waals surface area (Å²) in [5.41, 5.74) is 8.48. The van der Waals surface area contributed by atoms with E-state index in [1.54, 1.807) is 0 Å². The largest absolute Gasteiger partial charge is 0.324 e. The number of rotatable bonds is 2. The Morgan fingerprint density at radius 3 is 2.50 bits per heavy atom. The van der Waals surface area contributed by atoms with Crippen LogP contribution in [-0.4, -0.2) is 5.54 Å². The van der Waals surface area contributed by atoms with Gasteiger partial charge in [0.1, 0.15) is 0 Å². The Morgan fingerprint density at radius 2 is 1.81 bits per heavy atom. The molecule has 0 bridgehead atoms. The van der Waals surface area contributed by atoms with Gasteiger partial charge in [-0.05, 0) is 48.1 Å². The monoisotopic (exact) mass is 229 g/mol. The molecule has 0 amide bonds. The molecule has 2 heteroatoms. The van der Waals surface area contributed by atoms with Crippen molar-refractivity contribution in [1.82, 2.24) is 0 Å². The third-order valence-electron chi connectivity index (χ3n) is 4.49. The zero-order chi connectivity index (χ0) is 10.8. The van der Waals surface area contributed by atoms with Crippen molar-refractivity contribution in [1.29, 1.82) is 0 Å². The first-order valence-corrected chi connectivity index (χ1v) is 6.89. The third kappa shape index (κ3) is 0.994. The fourth-order valence-electron chi connectivity index (χ4n) is 3.12. The van der Waals surface area contributed by atoms with Gasteiger partial charge in [0, 0.05) is 15.7 Å². The minimum absolute atomic E-state index is 0.136. The van der Waals surface area contributed by atoms with Gasteiger partial charge in [-0.1, -0.05) is 18.2 Å². The summed E-state index contributed by atoms with van der Waals surface area (Å²) < 4.78 is 1.41. The van der Waals surface area contributed by atoms with Gasteiger partial charge in [0.2, 0.25) is 0 Å². The molecule has 2 aliphatic rings. The van der Waals surface area contributed by atoms with E-state index < -0.39 is 0 Å². The van der Waals surface area contributed by atoms with E-state index in [-0.39, 0.29) is 5.54 Å². The molecule has 2 N–H and O–H groups in total. The minimum atomic E-state index is 0.136. The predicted octanol–water partition coefficient (Wildman–Crippen LogP) is 3.42. The van der Waals surface area contributed by atoms with Crippen LogP contribution in [-0.2, 0) is 5.41 Å². The maximum atomic E-state index is 6.47. The molecule has 1 aromatic carbocycles. The van der Waals surface area contributed by atoms with Crippen LogP contribution in [0.2, 0.25) is 0 Å². The number of thiophene rings is 1. The highest BCUT2D eigenvalue weighted by molar-refractivity contribution is 7.17. The summed E-state index contributed by atoms with van der Waals surface area (Å²) in [6.07, 6.45) is 5.03. The van der Waals surface area contributed by atoms with Gasteiger partial charge < -0.3 is 5.73 Å². The Hall–Kier alpha value is -0.860. The van der Waals surface area contributed by atoms with Crippen molar-refractivity contribution in [3.63, 3.8) is 0 Å². The zero-order valence-corrected chi connectivity index (χ0v) is 10.0. The molecule has 0 unspecified atom stereocenters. The van der Waals surface area contributed by atoms with Crippen molar-refractivity contribution < 1.29 is 0 Å². The molecule has 0 spiro atoms. The molecule has 0 saturated heterocycles. The van der Waals surface area contributed by atoms with Crippen LogP contribution in [0.4, 0.5) is 0 Å². The van der Waals surface area contributed by atoms with Crippen molar-refractivity contribution in [2.24, 2.45) is 5.73 Å². The molecule has 0 radical (unpaired) electrons. The third-order valence-corrected chi connectivity index (χ3v) is 5.45. The van der Waals surface area contributed by atoms with Crippen LogP contribution in [0.25, 0.3) is 10.1 Å². The summed E-state index contributed by atoms with van der Waals surface area (Å²) in [7, 11) is 0. The lowest BCUT2D eigenvalue weighted by atomic mass is 9.86. The van der Waals surface area contributed by atoms with E-state index in [0.29, 0.717) is 5.41 Å². The van der Waals surface area contributed by atoms with Crippen molar-refractivity contribution >= 4 is 21.4 Å². The number of benzene rings is 1. The number of hydrogen-bond acceptors (Lipinski definition) is 2. The molecule has 1 aromatic heterocycles. The highest BCUT2D eigenvalue weighted by atomic mass is 32.1. The van der Waals surface area contributed by atoms with Crippen LogP contribution in [0, 0.1) is 0 Å². The number of hydrogen-bond donors (Lipinski definition) is 1. The van der Waals surface area contributed by atoms with Crippen LogP contribution >= 0.6 is 11.3 Å². The number of nitrogens with two attached hydrogens (primary N) is 1. The predicted molar refractivity (Wildman–Crippen MR) is 68.9 cm³/mol. The SMILES string of the molecule is NC1(C2(c3csc4ccccc34)CC2)CC1. The van der Waals surface area contributed by atoms with Gasteiger partial charge in [-0.2, -0.15) is 0 Å². The maximum absolute atomic E-state index is 6.47. The number of fused-ring (bicyclic) bond motifs is 1. The summed E-state index contributed by atoms with van der Waals surface area (Å²) in [4.78, 5) is 0. The molecule has 0 aliphatic heterocycles. The topological polar surface area (TPSA) is 26.0 Å². The first kappa shape index (κ1) is 9.20. The Balaban J connectivity index is 1.94. The molecule has 2 aliphatic carbocycles. The summed E-state index contributed by atoms with van der Waals surface area (Å²) in [5.74, 6) is 0. The highest BCUT2D eigenvalue weighted by Gasteiger charge is 2.64. The lowest BCUT2D eigenvalue weighted by molar-refractivity contribution is 0.508. The van der Waals surface area contributed by atoms with E-state index >= 15 is 0 Å². The molecule has 2 fully saturated rings. The smallest absolute Gasteiger partial charge is 0.0345 e. The van der Waals surface area contributed by atoms with E-state index in [1.165, 1.54) is 41.3 Å². The fourth-order valence-corrected chi connectivity index (χ4v) is 4.18. The Bertz CT molecular complexity index is 561. The Labute approximate surface area is 99.3 Å². The molecule has 2 aromatic rings. The summed E-state index contributed by atoms with van der Waals surface area (Å²) >= 11 is 1.87. The second-order valence-corrected chi connectivity index (χ2v) is 6.30. The van der Waals surface area contributed by atoms with Crippen molar-refractivity contribution in [2.75, 3.05) is 0 Å². The van der Waals surface area contributed by atoms with E-state index in [0.717, 1.165) is 0 Å². The molecule has 4 rings (SSSR count). The van der Waals surface area contributed by atoms with Crippen LogP contribution in [0.15, 0.2) is 29.6 Å². The Kier molecular flexibility index (Phi) is 1.55. The summed E-state index contributed by atoms with van der Waals surface area (Å²) in [5, 5.41) is 3.80. The molecule has 0 atom stereocenters. The van der Waals surface area contributed by atoms with E-state index in [4.69, 9.17) is 5.73 Å². The maximum Gasteiger partial charge on any atom is 0.0345 e. The van der Waals surface area contributed by atoms with Gasteiger partial charge in [-0.3, -0.25) is 0 Å². The Morgan fingerprint density at radius 1 is 1.06 bits per heavy atom. The first-order chi connectivity index (χ1) is 7.75. The lowest BCUT2D eigenvalue weighted by Crippen LogP contribution is -2.37. The second-order valence-electron chi connectivity index (χ2n) is 5.38. The van der Waals surface area contributed by atoms with Crippen molar-refractivity contribution in [3.05, 3.63) is 35.2 Å².